The summed E-state index contributed by atoms with van der Waals surface area (Å²) >= 11 is 0. The van der Waals surface area contributed by atoms with Crippen molar-refractivity contribution in [2.75, 3.05) is 0 Å². The molecule has 114 valence electrons. The Morgan fingerprint density at radius 2 is 1.81 bits per heavy atom. The van der Waals surface area contributed by atoms with Gasteiger partial charge in [-0.3, -0.25) is 0 Å². The van der Waals surface area contributed by atoms with Gasteiger partial charge in [0.15, 0.2) is 0 Å². The summed E-state index contributed by atoms with van der Waals surface area (Å²) < 4.78 is 0. The Morgan fingerprint density at radius 3 is 2.52 bits per heavy atom. The molecule has 2 N–H and O–H groups in total. The van der Waals surface area contributed by atoms with Crippen LogP contribution in [0.2, 0.25) is 0 Å². The Morgan fingerprint density at radius 1 is 1.10 bits per heavy atom. The molecule has 0 unspecified atom stereocenters. The Labute approximate surface area is 128 Å². The van der Waals surface area contributed by atoms with Crippen LogP contribution in [0, 0.1) is 10.8 Å². The number of para-hydroxylation sites is 1. The number of fused-ring (bicyclic) bond motifs is 1. The molecule has 0 saturated heterocycles. The van der Waals surface area contributed by atoms with Gasteiger partial charge >= 0.3 is 0 Å². The molecule has 2 heteroatoms. The summed E-state index contributed by atoms with van der Waals surface area (Å²) in [4.78, 5) is 3.37. The summed E-state index contributed by atoms with van der Waals surface area (Å²) in [5.41, 5.74) is 3.54. The van der Waals surface area contributed by atoms with E-state index in [2.05, 4.69) is 62.3 Å². The minimum atomic E-state index is 0.442. The van der Waals surface area contributed by atoms with Crippen molar-refractivity contribution in [1.82, 2.24) is 10.3 Å². The second kappa shape index (κ2) is 5.17. The van der Waals surface area contributed by atoms with Gasteiger partial charge < -0.3 is 10.3 Å². The molecule has 21 heavy (non-hydrogen) atoms. The van der Waals surface area contributed by atoms with Crippen molar-refractivity contribution in [3.8, 4) is 0 Å². The van der Waals surface area contributed by atoms with E-state index >= 15 is 0 Å². The van der Waals surface area contributed by atoms with Gasteiger partial charge in [-0.1, -0.05) is 45.9 Å². The molecule has 2 aromatic rings. The molecule has 3 rings (SSSR count). The largest absolute Gasteiger partial charge is 0.361 e. The third-order valence-electron chi connectivity index (χ3n) is 4.81. The molecular formula is C19H28N2. The van der Waals surface area contributed by atoms with E-state index in [4.69, 9.17) is 0 Å². The summed E-state index contributed by atoms with van der Waals surface area (Å²) in [5, 5.41) is 5.12. The molecule has 1 saturated carbocycles. The second-order valence-electron chi connectivity index (χ2n) is 8.35. The average Bonchev–Trinajstić information content (AvgIpc) is 2.81. The molecule has 0 spiro atoms. The number of benzene rings is 1. The normalized spacial score (nSPS) is 21.7. The molecule has 0 amide bonds. The zero-order valence-corrected chi connectivity index (χ0v) is 13.8. The highest BCUT2D eigenvalue weighted by Gasteiger charge is 2.38. The van der Waals surface area contributed by atoms with Gasteiger partial charge in [0.1, 0.15) is 0 Å². The van der Waals surface area contributed by atoms with Crippen molar-refractivity contribution < 1.29 is 0 Å². The lowest BCUT2D eigenvalue weighted by Gasteiger charge is -2.45. The number of H-pyrrole nitrogens is 1. The van der Waals surface area contributed by atoms with E-state index in [0.717, 1.165) is 6.54 Å². The van der Waals surface area contributed by atoms with Crippen LogP contribution in [0.1, 0.15) is 52.5 Å². The number of aromatic nitrogens is 1. The summed E-state index contributed by atoms with van der Waals surface area (Å²) in [6, 6.07) is 9.31. The summed E-state index contributed by atoms with van der Waals surface area (Å²) in [6.45, 7) is 10.6. The summed E-state index contributed by atoms with van der Waals surface area (Å²) in [6.07, 6.45) is 5.90. The molecule has 1 aliphatic carbocycles. The van der Waals surface area contributed by atoms with Crippen LogP contribution < -0.4 is 5.32 Å². The van der Waals surface area contributed by atoms with Crippen molar-refractivity contribution >= 4 is 10.9 Å². The minimum Gasteiger partial charge on any atom is -0.361 e. The van der Waals surface area contributed by atoms with Crippen molar-refractivity contribution in [2.45, 2.75) is 59.5 Å². The first kappa shape index (κ1) is 14.6. The maximum atomic E-state index is 3.81. The molecule has 1 heterocycles. The van der Waals surface area contributed by atoms with Crippen LogP contribution in [-0.2, 0) is 6.54 Å². The van der Waals surface area contributed by atoms with Gasteiger partial charge in [0.2, 0.25) is 0 Å². The molecule has 1 fully saturated rings. The van der Waals surface area contributed by atoms with Crippen molar-refractivity contribution in [3.63, 3.8) is 0 Å². The van der Waals surface area contributed by atoms with Crippen molar-refractivity contribution in [3.05, 3.63) is 36.0 Å². The molecule has 2 nitrogen and oxygen atoms in total. The fourth-order valence-electron chi connectivity index (χ4n) is 4.54. The number of rotatable bonds is 3. The molecule has 0 radical (unpaired) electrons. The summed E-state index contributed by atoms with van der Waals surface area (Å²) in [5.74, 6) is 0. The van der Waals surface area contributed by atoms with Gasteiger partial charge in [0.05, 0.1) is 0 Å². The van der Waals surface area contributed by atoms with Crippen LogP contribution >= 0.6 is 0 Å². The quantitative estimate of drug-likeness (QED) is 0.827. The third kappa shape index (κ3) is 3.32. The van der Waals surface area contributed by atoms with Gasteiger partial charge in [0.25, 0.3) is 0 Å². The van der Waals surface area contributed by atoms with Crippen molar-refractivity contribution in [1.29, 1.82) is 0 Å². The predicted octanol–water partition coefficient (Wildman–Crippen LogP) is 4.86. The Hall–Kier alpha value is -1.28. The van der Waals surface area contributed by atoms with E-state index in [-0.39, 0.29) is 0 Å². The van der Waals surface area contributed by atoms with E-state index in [9.17, 15) is 0 Å². The standard InChI is InChI=1S/C19H28N2/c1-18(2)10-16(11-19(3,4)13-18)21-12-15-7-5-6-14-8-9-20-17(14)15/h5-9,16,20-21H,10-13H2,1-4H3. The lowest BCUT2D eigenvalue weighted by atomic mass is 9.63. The van der Waals surface area contributed by atoms with Gasteiger partial charge in [-0.2, -0.15) is 0 Å². The highest BCUT2D eigenvalue weighted by Crippen LogP contribution is 2.45. The smallest absolute Gasteiger partial charge is 0.0499 e. The molecule has 0 aliphatic heterocycles. The van der Waals surface area contributed by atoms with Gasteiger partial charge in [0, 0.05) is 24.3 Å². The second-order valence-corrected chi connectivity index (χ2v) is 8.35. The number of hydrogen-bond acceptors (Lipinski definition) is 1. The number of hydrogen-bond donors (Lipinski definition) is 2. The van der Waals surface area contributed by atoms with E-state index < -0.39 is 0 Å². The molecule has 1 aromatic carbocycles. The first-order valence-electron chi connectivity index (χ1n) is 8.13. The molecule has 1 aromatic heterocycles. The third-order valence-corrected chi connectivity index (χ3v) is 4.81. The molecular weight excluding hydrogens is 256 g/mol. The SMILES string of the molecule is CC1(C)CC(NCc2cccc3cc[nH]c23)CC(C)(C)C1. The van der Waals surface area contributed by atoms with Crippen LogP contribution in [0.4, 0.5) is 0 Å². The number of nitrogens with one attached hydrogen (secondary N) is 2. The minimum absolute atomic E-state index is 0.442. The molecule has 0 bridgehead atoms. The fourth-order valence-corrected chi connectivity index (χ4v) is 4.54. The topological polar surface area (TPSA) is 27.8 Å². The first-order chi connectivity index (χ1) is 9.85. The van der Waals surface area contributed by atoms with Crippen LogP contribution in [0.25, 0.3) is 10.9 Å². The lowest BCUT2D eigenvalue weighted by molar-refractivity contribution is 0.0845. The average molecular weight is 284 g/mol. The molecule has 1 aliphatic rings. The van der Waals surface area contributed by atoms with Crippen LogP contribution in [0.15, 0.2) is 30.5 Å². The highest BCUT2D eigenvalue weighted by atomic mass is 14.9. The van der Waals surface area contributed by atoms with E-state index in [0.29, 0.717) is 16.9 Å². The van der Waals surface area contributed by atoms with Gasteiger partial charge in [-0.25, -0.2) is 0 Å². The fraction of sp³-hybridized carbons (Fsp3) is 0.579. The maximum Gasteiger partial charge on any atom is 0.0499 e. The zero-order chi connectivity index (χ0) is 15.1. The zero-order valence-electron chi connectivity index (χ0n) is 13.8. The van der Waals surface area contributed by atoms with E-state index in [1.165, 1.54) is 35.7 Å². The lowest BCUT2D eigenvalue weighted by Crippen LogP contribution is -2.43. The first-order valence-corrected chi connectivity index (χ1v) is 8.13. The Bertz CT molecular complexity index is 605. The maximum absolute atomic E-state index is 3.81. The van der Waals surface area contributed by atoms with Crippen LogP contribution in [0.3, 0.4) is 0 Å². The van der Waals surface area contributed by atoms with Crippen LogP contribution in [0.5, 0.6) is 0 Å². The highest BCUT2D eigenvalue weighted by molar-refractivity contribution is 5.82. The summed E-state index contributed by atoms with van der Waals surface area (Å²) in [7, 11) is 0. The van der Waals surface area contributed by atoms with Gasteiger partial charge in [-0.15, -0.1) is 0 Å². The molecule has 0 atom stereocenters. The number of aromatic amines is 1. The van der Waals surface area contributed by atoms with Crippen molar-refractivity contribution in [2.24, 2.45) is 10.8 Å². The van der Waals surface area contributed by atoms with Crippen LogP contribution in [-0.4, -0.2) is 11.0 Å². The monoisotopic (exact) mass is 284 g/mol. The Balaban J connectivity index is 1.71. The van der Waals surface area contributed by atoms with E-state index in [1.807, 2.05) is 6.20 Å². The predicted molar refractivity (Wildman–Crippen MR) is 90.3 cm³/mol. The Kier molecular flexibility index (Phi) is 3.61. The van der Waals surface area contributed by atoms with E-state index in [1.54, 1.807) is 0 Å². The van der Waals surface area contributed by atoms with Gasteiger partial charge in [-0.05, 0) is 47.1 Å².